The molecule has 2 aliphatic rings. The minimum Gasteiger partial charge on any atom is -0.497 e. The number of carbonyl (C=O) groups excluding carboxylic acids is 1. The number of ether oxygens (including phenoxy) is 2. The standard InChI is InChI=1S/C20H30N2O3/c1-24-19-7-4-17(5-8-19)15-21-10-12-22(13-11-21)20(23)9-6-18-3-2-14-25-16-18/h4-5,7-8,18H,2-3,6,9-16H2,1H3/t18-/m0/s1. The Morgan fingerprint density at radius 1 is 1.20 bits per heavy atom. The minimum atomic E-state index is 0.315. The number of benzene rings is 1. The van der Waals surface area contributed by atoms with Crippen LogP contribution < -0.4 is 4.74 Å². The van der Waals surface area contributed by atoms with Gasteiger partial charge in [-0.1, -0.05) is 12.1 Å². The smallest absolute Gasteiger partial charge is 0.222 e. The summed E-state index contributed by atoms with van der Waals surface area (Å²) in [6, 6.07) is 8.24. The lowest BCUT2D eigenvalue weighted by molar-refractivity contribution is -0.133. The van der Waals surface area contributed by atoms with Gasteiger partial charge in [-0.3, -0.25) is 9.69 Å². The van der Waals surface area contributed by atoms with Crippen molar-refractivity contribution in [2.24, 2.45) is 5.92 Å². The van der Waals surface area contributed by atoms with Crippen molar-refractivity contribution in [1.82, 2.24) is 9.80 Å². The van der Waals surface area contributed by atoms with Crippen LogP contribution in [0, 0.1) is 5.92 Å². The van der Waals surface area contributed by atoms with Crippen molar-refractivity contribution in [3.8, 4) is 5.75 Å². The summed E-state index contributed by atoms with van der Waals surface area (Å²) >= 11 is 0. The molecule has 0 aliphatic carbocycles. The van der Waals surface area contributed by atoms with E-state index in [9.17, 15) is 4.79 Å². The average Bonchev–Trinajstić information content (AvgIpc) is 2.68. The third-order valence-corrected chi connectivity index (χ3v) is 5.31. The largest absolute Gasteiger partial charge is 0.497 e. The van der Waals surface area contributed by atoms with Gasteiger partial charge in [-0.2, -0.15) is 0 Å². The fraction of sp³-hybridized carbons (Fsp3) is 0.650. The molecule has 1 aromatic carbocycles. The quantitative estimate of drug-likeness (QED) is 0.794. The fourth-order valence-electron chi connectivity index (χ4n) is 3.67. The summed E-state index contributed by atoms with van der Waals surface area (Å²) in [6.45, 7) is 6.25. The highest BCUT2D eigenvalue weighted by Gasteiger charge is 2.22. The first-order valence-corrected chi connectivity index (χ1v) is 9.45. The van der Waals surface area contributed by atoms with E-state index in [2.05, 4.69) is 17.0 Å². The molecule has 0 N–H and O–H groups in total. The Morgan fingerprint density at radius 3 is 2.60 bits per heavy atom. The Labute approximate surface area is 150 Å². The first-order chi connectivity index (χ1) is 12.2. The molecule has 138 valence electrons. The van der Waals surface area contributed by atoms with Gasteiger partial charge >= 0.3 is 0 Å². The predicted octanol–water partition coefficient (Wildman–Crippen LogP) is 2.55. The number of nitrogens with zero attached hydrogens (tertiary/aromatic N) is 2. The van der Waals surface area contributed by atoms with Gasteiger partial charge in [-0.05, 0) is 42.9 Å². The van der Waals surface area contributed by atoms with Crippen molar-refractivity contribution in [3.05, 3.63) is 29.8 Å². The molecule has 0 saturated carbocycles. The van der Waals surface area contributed by atoms with Crippen LogP contribution >= 0.6 is 0 Å². The van der Waals surface area contributed by atoms with Gasteiger partial charge in [0, 0.05) is 52.4 Å². The minimum absolute atomic E-state index is 0.315. The summed E-state index contributed by atoms with van der Waals surface area (Å²) in [5, 5.41) is 0. The van der Waals surface area contributed by atoms with E-state index in [4.69, 9.17) is 9.47 Å². The second-order valence-electron chi connectivity index (χ2n) is 7.13. The number of amides is 1. The van der Waals surface area contributed by atoms with E-state index in [1.54, 1.807) is 7.11 Å². The number of hydrogen-bond acceptors (Lipinski definition) is 4. The predicted molar refractivity (Wildman–Crippen MR) is 97.6 cm³/mol. The van der Waals surface area contributed by atoms with E-state index in [1.165, 1.54) is 12.0 Å². The highest BCUT2D eigenvalue weighted by molar-refractivity contribution is 5.76. The maximum atomic E-state index is 12.4. The highest BCUT2D eigenvalue weighted by Crippen LogP contribution is 2.20. The van der Waals surface area contributed by atoms with Crippen LogP contribution in [0.2, 0.25) is 0 Å². The van der Waals surface area contributed by atoms with Crippen LogP contribution in [-0.4, -0.2) is 62.2 Å². The molecule has 0 bridgehead atoms. The highest BCUT2D eigenvalue weighted by atomic mass is 16.5. The maximum absolute atomic E-state index is 12.4. The second-order valence-corrected chi connectivity index (χ2v) is 7.13. The molecule has 1 aromatic rings. The Hall–Kier alpha value is -1.59. The summed E-state index contributed by atoms with van der Waals surface area (Å²) in [5.41, 5.74) is 1.29. The summed E-state index contributed by atoms with van der Waals surface area (Å²) in [4.78, 5) is 16.9. The molecule has 25 heavy (non-hydrogen) atoms. The number of hydrogen-bond donors (Lipinski definition) is 0. The average molecular weight is 346 g/mol. The molecule has 0 spiro atoms. The van der Waals surface area contributed by atoms with E-state index in [-0.39, 0.29) is 0 Å². The topological polar surface area (TPSA) is 42.0 Å². The summed E-state index contributed by atoms with van der Waals surface area (Å²) in [6.07, 6.45) is 4.00. The van der Waals surface area contributed by atoms with Crippen molar-refractivity contribution in [3.63, 3.8) is 0 Å². The molecule has 3 rings (SSSR count). The Balaban J connectivity index is 1.37. The van der Waals surface area contributed by atoms with Crippen LogP contribution in [-0.2, 0) is 16.1 Å². The van der Waals surface area contributed by atoms with E-state index < -0.39 is 0 Å². The molecule has 2 aliphatic heterocycles. The molecule has 2 fully saturated rings. The summed E-state index contributed by atoms with van der Waals surface area (Å²) in [7, 11) is 1.69. The fourth-order valence-corrected chi connectivity index (χ4v) is 3.67. The lowest BCUT2D eigenvalue weighted by Crippen LogP contribution is -2.48. The van der Waals surface area contributed by atoms with Gasteiger partial charge in [0.2, 0.25) is 5.91 Å². The lowest BCUT2D eigenvalue weighted by atomic mass is 9.96. The third-order valence-electron chi connectivity index (χ3n) is 5.31. The molecular formula is C20H30N2O3. The van der Waals surface area contributed by atoms with Crippen LogP contribution in [0.3, 0.4) is 0 Å². The molecule has 5 heteroatoms. The van der Waals surface area contributed by atoms with Crippen LogP contribution in [0.5, 0.6) is 5.75 Å². The van der Waals surface area contributed by atoms with Crippen molar-refractivity contribution < 1.29 is 14.3 Å². The molecule has 1 atom stereocenters. The van der Waals surface area contributed by atoms with Gasteiger partial charge in [-0.15, -0.1) is 0 Å². The van der Waals surface area contributed by atoms with Crippen LogP contribution in [0.25, 0.3) is 0 Å². The third kappa shape index (κ3) is 5.44. The Morgan fingerprint density at radius 2 is 1.96 bits per heavy atom. The van der Waals surface area contributed by atoms with Gasteiger partial charge < -0.3 is 14.4 Å². The zero-order chi connectivity index (χ0) is 17.5. The molecular weight excluding hydrogens is 316 g/mol. The van der Waals surface area contributed by atoms with Crippen LogP contribution in [0.15, 0.2) is 24.3 Å². The summed E-state index contributed by atoms with van der Waals surface area (Å²) in [5.74, 6) is 1.78. The summed E-state index contributed by atoms with van der Waals surface area (Å²) < 4.78 is 10.7. The van der Waals surface area contributed by atoms with Gasteiger partial charge in [0.1, 0.15) is 5.75 Å². The number of methoxy groups -OCH3 is 1. The van der Waals surface area contributed by atoms with E-state index in [0.29, 0.717) is 18.2 Å². The molecule has 0 unspecified atom stereocenters. The van der Waals surface area contributed by atoms with E-state index in [1.807, 2.05) is 17.0 Å². The maximum Gasteiger partial charge on any atom is 0.222 e. The zero-order valence-corrected chi connectivity index (χ0v) is 15.3. The van der Waals surface area contributed by atoms with Crippen molar-refractivity contribution >= 4 is 5.91 Å². The van der Waals surface area contributed by atoms with Crippen LogP contribution in [0.4, 0.5) is 0 Å². The van der Waals surface area contributed by atoms with Gasteiger partial charge in [0.05, 0.1) is 7.11 Å². The van der Waals surface area contributed by atoms with Crippen molar-refractivity contribution in [2.75, 3.05) is 46.5 Å². The molecule has 2 heterocycles. The molecule has 5 nitrogen and oxygen atoms in total. The Bertz CT molecular complexity index is 532. The molecule has 2 saturated heterocycles. The monoisotopic (exact) mass is 346 g/mol. The molecule has 1 amide bonds. The number of rotatable bonds is 6. The van der Waals surface area contributed by atoms with Gasteiger partial charge in [0.15, 0.2) is 0 Å². The normalized spacial score (nSPS) is 22.0. The van der Waals surface area contributed by atoms with Gasteiger partial charge in [-0.25, -0.2) is 0 Å². The first kappa shape index (κ1) is 18.2. The lowest BCUT2D eigenvalue weighted by Gasteiger charge is -2.35. The first-order valence-electron chi connectivity index (χ1n) is 9.45. The zero-order valence-electron chi connectivity index (χ0n) is 15.3. The van der Waals surface area contributed by atoms with Gasteiger partial charge in [0.25, 0.3) is 0 Å². The van der Waals surface area contributed by atoms with Crippen molar-refractivity contribution in [2.45, 2.75) is 32.2 Å². The SMILES string of the molecule is COc1ccc(CN2CCN(C(=O)CC[C@@H]3CCCOC3)CC2)cc1. The van der Waals surface area contributed by atoms with E-state index >= 15 is 0 Å². The second kappa shape index (κ2) is 9.20. The molecule has 0 radical (unpaired) electrons. The van der Waals surface area contributed by atoms with Crippen LogP contribution in [0.1, 0.15) is 31.2 Å². The molecule has 0 aromatic heterocycles. The van der Waals surface area contributed by atoms with Crippen molar-refractivity contribution in [1.29, 1.82) is 0 Å². The number of carbonyl (C=O) groups is 1. The van der Waals surface area contributed by atoms with E-state index in [0.717, 1.165) is 64.5 Å². The Kier molecular flexibility index (Phi) is 6.70. The number of piperazine rings is 1.